The molecule has 152 valence electrons. The molecule has 2 rings (SSSR count). The van der Waals surface area contributed by atoms with E-state index in [4.69, 9.17) is 4.74 Å². The van der Waals surface area contributed by atoms with E-state index >= 15 is 0 Å². The second-order valence-electron chi connectivity index (χ2n) is 6.51. The number of hydrogen-bond acceptors (Lipinski definition) is 8. The third-order valence-corrected chi connectivity index (χ3v) is 4.27. The molecule has 1 aliphatic heterocycles. The van der Waals surface area contributed by atoms with Crippen LogP contribution in [0.4, 0.5) is 17.1 Å². The number of carbonyl (C=O) groups is 2. The Morgan fingerprint density at radius 2 is 1.64 bits per heavy atom. The van der Waals surface area contributed by atoms with Gasteiger partial charge in [-0.1, -0.05) is 13.8 Å². The van der Waals surface area contributed by atoms with E-state index in [0.29, 0.717) is 0 Å². The zero-order valence-electron chi connectivity index (χ0n) is 15.3. The molecule has 12 heteroatoms. The van der Waals surface area contributed by atoms with Gasteiger partial charge in [-0.3, -0.25) is 25.0 Å². The molecule has 0 radical (unpaired) electrons. The number of nitrogens with zero attached hydrogens (tertiary/aromatic N) is 3. The van der Waals surface area contributed by atoms with Crippen molar-refractivity contribution in [1.82, 2.24) is 5.32 Å². The lowest BCUT2D eigenvalue weighted by molar-refractivity contribution is -0.392. The van der Waals surface area contributed by atoms with Gasteiger partial charge < -0.3 is 20.1 Å². The van der Waals surface area contributed by atoms with Gasteiger partial charge in [0.25, 0.3) is 17.3 Å². The van der Waals surface area contributed by atoms with Crippen LogP contribution >= 0.6 is 0 Å². The molecule has 1 aliphatic rings. The molecule has 1 fully saturated rings. The molecular weight excluding hydrogens is 376 g/mol. The number of benzene rings is 1. The number of nitrogens with one attached hydrogen (secondary N) is 1. The number of anilines is 1. The van der Waals surface area contributed by atoms with Crippen LogP contribution in [0.3, 0.4) is 0 Å². The summed E-state index contributed by atoms with van der Waals surface area (Å²) in [7, 11) is 0. The Labute approximate surface area is 159 Å². The smallest absolute Gasteiger partial charge is 0.326 e. The van der Waals surface area contributed by atoms with Crippen molar-refractivity contribution in [2.45, 2.75) is 19.9 Å². The first-order chi connectivity index (χ1) is 13.1. The van der Waals surface area contributed by atoms with Crippen molar-refractivity contribution in [2.24, 2.45) is 5.92 Å². The second-order valence-corrected chi connectivity index (χ2v) is 6.51. The summed E-state index contributed by atoms with van der Waals surface area (Å²) in [6.07, 6.45) is 0. The van der Waals surface area contributed by atoms with Crippen molar-refractivity contribution in [3.8, 4) is 0 Å². The highest BCUT2D eigenvalue weighted by Crippen LogP contribution is 2.39. The maximum Gasteiger partial charge on any atom is 0.326 e. The fourth-order valence-electron chi connectivity index (χ4n) is 2.86. The van der Waals surface area contributed by atoms with Crippen molar-refractivity contribution >= 4 is 28.9 Å². The summed E-state index contributed by atoms with van der Waals surface area (Å²) in [5.74, 6) is -2.68. The Hall–Kier alpha value is -3.28. The number of carboxylic acid groups (broad SMARTS) is 1. The average Bonchev–Trinajstić information content (AvgIpc) is 2.64. The first-order valence-electron chi connectivity index (χ1n) is 8.46. The van der Waals surface area contributed by atoms with Crippen LogP contribution in [0.25, 0.3) is 0 Å². The number of carboxylic acids is 1. The number of aliphatic carboxylic acids is 1. The maximum atomic E-state index is 12.4. The average molecular weight is 396 g/mol. The molecule has 0 aliphatic carbocycles. The van der Waals surface area contributed by atoms with E-state index in [1.807, 2.05) is 0 Å². The predicted molar refractivity (Wildman–Crippen MR) is 96.5 cm³/mol. The van der Waals surface area contributed by atoms with Crippen molar-refractivity contribution in [1.29, 1.82) is 0 Å². The second kappa shape index (κ2) is 8.61. The SMILES string of the molecule is CC(C)C(NC(=O)c1cc([N+](=O)[O-])c(N2CCOCC2)c([N+](=O)[O-])c1)C(=O)O. The van der Waals surface area contributed by atoms with Gasteiger partial charge in [-0.25, -0.2) is 4.79 Å². The van der Waals surface area contributed by atoms with E-state index in [1.165, 1.54) is 4.90 Å². The number of carbonyl (C=O) groups excluding carboxylic acids is 1. The molecule has 1 aromatic carbocycles. The Morgan fingerprint density at radius 3 is 2.04 bits per heavy atom. The van der Waals surface area contributed by atoms with Crippen LogP contribution in [0.5, 0.6) is 0 Å². The Balaban J connectivity index is 2.52. The van der Waals surface area contributed by atoms with Gasteiger partial charge >= 0.3 is 5.97 Å². The Morgan fingerprint density at radius 1 is 1.14 bits per heavy atom. The van der Waals surface area contributed by atoms with Crippen LogP contribution in [0.2, 0.25) is 0 Å². The molecule has 12 nitrogen and oxygen atoms in total. The summed E-state index contributed by atoms with van der Waals surface area (Å²) in [6, 6.07) is 0.600. The van der Waals surface area contributed by atoms with E-state index in [0.717, 1.165) is 12.1 Å². The summed E-state index contributed by atoms with van der Waals surface area (Å²) in [5.41, 5.74) is -1.76. The first kappa shape index (κ1) is 21.0. The van der Waals surface area contributed by atoms with E-state index in [1.54, 1.807) is 13.8 Å². The van der Waals surface area contributed by atoms with Crippen LogP contribution in [0.1, 0.15) is 24.2 Å². The van der Waals surface area contributed by atoms with Crippen LogP contribution in [-0.2, 0) is 9.53 Å². The molecule has 0 spiro atoms. The fourth-order valence-corrected chi connectivity index (χ4v) is 2.86. The number of morpholine rings is 1. The van der Waals surface area contributed by atoms with E-state index in [2.05, 4.69) is 5.32 Å². The molecule has 28 heavy (non-hydrogen) atoms. The van der Waals surface area contributed by atoms with Gasteiger partial charge in [-0.15, -0.1) is 0 Å². The number of hydrogen-bond donors (Lipinski definition) is 2. The number of rotatable bonds is 7. The van der Waals surface area contributed by atoms with Crippen LogP contribution in [0.15, 0.2) is 12.1 Å². The van der Waals surface area contributed by atoms with Crippen molar-refractivity contribution in [3.63, 3.8) is 0 Å². The van der Waals surface area contributed by atoms with Gasteiger partial charge in [0, 0.05) is 25.2 Å². The number of amides is 1. The Bertz CT molecular complexity index is 769. The normalized spacial score (nSPS) is 15.2. The molecule has 0 aromatic heterocycles. The zero-order valence-corrected chi connectivity index (χ0v) is 15.3. The molecule has 1 saturated heterocycles. The fraction of sp³-hybridized carbons (Fsp3) is 0.500. The minimum absolute atomic E-state index is 0.200. The lowest BCUT2D eigenvalue weighted by atomic mass is 10.0. The third-order valence-electron chi connectivity index (χ3n) is 4.27. The summed E-state index contributed by atoms with van der Waals surface area (Å²) >= 11 is 0. The highest BCUT2D eigenvalue weighted by atomic mass is 16.6. The first-order valence-corrected chi connectivity index (χ1v) is 8.46. The highest BCUT2D eigenvalue weighted by molar-refractivity contribution is 5.99. The van der Waals surface area contributed by atoms with Crippen LogP contribution in [-0.4, -0.2) is 59.2 Å². The molecular formula is C16H20N4O8. The largest absolute Gasteiger partial charge is 0.480 e. The summed E-state index contributed by atoms with van der Waals surface area (Å²) in [4.78, 5) is 46.7. The van der Waals surface area contributed by atoms with E-state index in [-0.39, 0.29) is 37.6 Å². The van der Waals surface area contributed by atoms with Gasteiger partial charge in [0.05, 0.1) is 28.6 Å². The minimum Gasteiger partial charge on any atom is -0.480 e. The summed E-state index contributed by atoms with van der Waals surface area (Å²) < 4.78 is 5.17. The third kappa shape index (κ3) is 4.52. The van der Waals surface area contributed by atoms with Gasteiger partial charge in [-0.05, 0) is 5.92 Å². The van der Waals surface area contributed by atoms with E-state index in [9.17, 15) is 34.9 Å². The molecule has 0 bridgehead atoms. The van der Waals surface area contributed by atoms with Crippen LogP contribution < -0.4 is 10.2 Å². The zero-order chi connectivity index (χ0) is 21.0. The number of nitro groups is 2. The van der Waals surface area contributed by atoms with Crippen LogP contribution in [0, 0.1) is 26.1 Å². The van der Waals surface area contributed by atoms with E-state index < -0.39 is 45.1 Å². The highest BCUT2D eigenvalue weighted by Gasteiger charge is 2.34. The molecule has 2 N–H and O–H groups in total. The predicted octanol–water partition coefficient (Wildman–Crippen LogP) is 1.18. The maximum absolute atomic E-state index is 12.4. The molecule has 1 heterocycles. The van der Waals surface area contributed by atoms with Gasteiger partial charge in [0.2, 0.25) is 0 Å². The number of ether oxygens (including phenoxy) is 1. The lowest BCUT2D eigenvalue weighted by Crippen LogP contribution is -2.44. The molecule has 0 saturated carbocycles. The number of nitro benzene ring substituents is 2. The summed E-state index contributed by atoms with van der Waals surface area (Å²) in [5, 5.41) is 34.5. The van der Waals surface area contributed by atoms with Gasteiger partial charge in [0.15, 0.2) is 5.69 Å². The van der Waals surface area contributed by atoms with Gasteiger partial charge in [0.1, 0.15) is 6.04 Å². The topological polar surface area (TPSA) is 165 Å². The lowest BCUT2D eigenvalue weighted by Gasteiger charge is -2.28. The minimum atomic E-state index is -1.28. The van der Waals surface area contributed by atoms with Crippen molar-refractivity contribution in [3.05, 3.63) is 37.9 Å². The quantitative estimate of drug-likeness (QED) is 0.508. The standard InChI is InChI=1S/C16H20N4O8/c1-9(2)13(16(22)23)17-15(21)10-7-11(19(24)25)14(12(8-10)20(26)27)18-3-5-28-6-4-18/h7-9,13H,3-6H2,1-2H3,(H,17,21)(H,22,23). The molecule has 1 aromatic rings. The molecule has 1 amide bonds. The van der Waals surface area contributed by atoms with Crippen molar-refractivity contribution < 1.29 is 29.3 Å². The van der Waals surface area contributed by atoms with Crippen molar-refractivity contribution in [2.75, 3.05) is 31.2 Å². The summed E-state index contributed by atoms with van der Waals surface area (Å²) in [6.45, 7) is 4.11. The van der Waals surface area contributed by atoms with Gasteiger partial charge in [-0.2, -0.15) is 0 Å². The molecule has 1 atom stereocenters. The Kier molecular flexibility index (Phi) is 6.46. The molecule has 1 unspecified atom stereocenters. The monoisotopic (exact) mass is 396 g/mol.